The van der Waals surface area contributed by atoms with Gasteiger partial charge in [-0.15, -0.1) is 0 Å². The Morgan fingerprint density at radius 1 is 0.769 bits per heavy atom. The van der Waals surface area contributed by atoms with Gasteiger partial charge in [0.25, 0.3) is 0 Å². The summed E-state index contributed by atoms with van der Waals surface area (Å²) in [6.45, 7) is 15.7. The fraction of sp³-hybridized carbons (Fsp3) is 1.00. The third-order valence-corrected chi connectivity index (χ3v) is 1.94. The Bertz CT molecular complexity index is 137. The summed E-state index contributed by atoms with van der Waals surface area (Å²) < 4.78 is 0. The average Bonchev–Trinajstić information content (AvgIpc) is 1.43. The van der Waals surface area contributed by atoms with Gasteiger partial charge in [0.05, 0.1) is 0 Å². The minimum Gasteiger partial charge on any atom is -0.326 e. The van der Waals surface area contributed by atoms with Crippen molar-refractivity contribution in [1.29, 1.82) is 0 Å². The first-order chi connectivity index (χ1) is 5.41. The summed E-state index contributed by atoms with van der Waals surface area (Å²) >= 11 is 0. The normalized spacial score (nSPS) is 14.8. The van der Waals surface area contributed by atoms with Gasteiger partial charge in [0.15, 0.2) is 0 Å². The van der Waals surface area contributed by atoms with Crippen molar-refractivity contribution in [3.05, 3.63) is 0 Å². The highest BCUT2D eigenvalue weighted by molar-refractivity contribution is 4.84. The zero-order valence-electron chi connectivity index (χ0n) is 10.5. The quantitative estimate of drug-likeness (QED) is 0.714. The van der Waals surface area contributed by atoms with Gasteiger partial charge >= 0.3 is 0 Å². The lowest BCUT2D eigenvalue weighted by Gasteiger charge is -2.37. The van der Waals surface area contributed by atoms with Crippen molar-refractivity contribution in [2.24, 2.45) is 16.6 Å². The van der Waals surface area contributed by atoms with E-state index in [0.29, 0.717) is 10.8 Å². The first-order valence-electron chi connectivity index (χ1n) is 5.20. The van der Waals surface area contributed by atoms with E-state index in [1.807, 2.05) is 0 Å². The Kier molecular flexibility index (Phi) is 3.59. The molecule has 0 fully saturated rings. The Hall–Kier alpha value is -0.0400. The molecule has 0 rings (SSSR count). The highest BCUT2D eigenvalue weighted by atomic mass is 14.7. The van der Waals surface area contributed by atoms with Gasteiger partial charge in [-0.25, -0.2) is 0 Å². The van der Waals surface area contributed by atoms with Gasteiger partial charge in [0.1, 0.15) is 0 Å². The molecule has 1 nitrogen and oxygen atoms in total. The molecule has 0 aliphatic rings. The molecule has 0 atom stereocenters. The van der Waals surface area contributed by atoms with Crippen LogP contribution in [0.5, 0.6) is 0 Å². The lowest BCUT2D eigenvalue weighted by atomic mass is 9.71. The van der Waals surface area contributed by atoms with Gasteiger partial charge in [-0.2, -0.15) is 0 Å². The van der Waals surface area contributed by atoms with Crippen molar-refractivity contribution >= 4 is 0 Å². The minimum absolute atomic E-state index is 0.0469. The van der Waals surface area contributed by atoms with E-state index in [1.165, 1.54) is 6.42 Å². The van der Waals surface area contributed by atoms with Crippen LogP contribution >= 0.6 is 0 Å². The molecule has 0 aliphatic carbocycles. The first-order valence-corrected chi connectivity index (χ1v) is 5.20. The van der Waals surface area contributed by atoms with E-state index in [9.17, 15) is 0 Å². The maximum Gasteiger partial charge on any atom is 0.0102 e. The molecule has 0 aliphatic heterocycles. The van der Waals surface area contributed by atoms with Crippen LogP contribution in [-0.2, 0) is 0 Å². The van der Waals surface area contributed by atoms with Crippen LogP contribution in [-0.4, -0.2) is 5.54 Å². The summed E-state index contributed by atoms with van der Waals surface area (Å²) in [6.07, 6.45) is 2.30. The average molecular weight is 185 g/mol. The van der Waals surface area contributed by atoms with Crippen molar-refractivity contribution in [3.8, 4) is 0 Å². The fourth-order valence-electron chi connectivity index (χ4n) is 2.73. The maximum atomic E-state index is 6.04. The van der Waals surface area contributed by atoms with Gasteiger partial charge in [-0.1, -0.05) is 34.6 Å². The molecule has 0 amide bonds. The molecule has 0 aromatic heterocycles. The maximum absolute atomic E-state index is 6.04. The molecule has 0 spiro atoms. The van der Waals surface area contributed by atoms with Gasteiger partial charge in [-0.05, 0) is 37.5 Å². The summed E-state index contributed by atoms with van der Waals surface area (Å²) in [5.74, 6) is 0. The Morgan fingerprint density at radius 2 is 1.15 bits per heavy atom. The smallest absolute Gasteiger partial charge is 0.0102 e. The van der Waals surface area contributed by atoms with Gasteiger partial charge in [0.2, 0.25) is 0 Å². The highest BCUT2D eigenvalue weighted by Gasteiger charge is 2.29. The van der Waals surface area contributed by atoms with Crippen LogP contribution in [0.4, 0.5) is 0 Å². The monoisotopic (exact) mass is 185 g/mol. The van der Waals surface area contributed by atoms with E-state index in [2.05, 4.69) is 48.5 Å². The SMILES string of the molecule is CC(C)(C)CC(C)(C)CC(C)(C)N. The lowest BCUT2D eigenvalue weighted by molar-refractivity contribution is 0.168. The fourth-order valence-corrected chi connectivity index (χ4v) is 2.73. The molecular formula is C12H27N. The predicted molar refractivity (Wildman–Crippen MR) is 60.7 cm³/mol. The molecule has 80 valence electrons. The van der Waals surface area contributed by atoms with Crippen molar-refractivity contribution in [2.45, 2.75) is 66.8 Å². The van der Waals surface area contributed by atoms with Crippen LogP contribution in [0.15, 0.2) is 0 Å². The van der Waals surface area contributed by atoms with Crippen LogP contribution in [0, 0.1) is 10.8 Å². The molecule has 0 bridgehead atoms. The van der Waals surface area contributed by atoms with Gasteiger partial charge in [-0.3, -0.25) is 0 Å². The van der Waals surface area contributed by atoms with E-state index < -0.39 is 0 Å². The molecule has 0 aromatic carbocycles. The third kappa shape index (κ3) is 8.29. The lowest BCUT2D eigenvalue weighted by Crippen LogP contribution is -2.38. The van der Waals surface area contributed by atoms with Crippen LogP contribution in [0.1, 0.15) is 61.3 Å². The molecule has 0 aromatic rings. The zero-order valence-corrected chi connectivity index (χ0v) is 10.5. The zero-order chi connectivity index (χ0) is 10.9. The highest BCUT2D eigenvalue weighted by Crippen LogP contribution is 2.38. The van der Waals surface area contributed by atoms with Crippen molar-refractivity contribution in [1.82, 2.24) is 0 Å². The largest absolute Gasteiger partial charge is 0.326 e. The van der Waals surface area contributed by atoms with Gasteiger partial charge in [0, 0.05) is 5.54 Å². The van der Waals surface area contributed by atoms with E-state index in [1.54, 1.807) is 0 Å². The second-order valence-electron chi connectivity index (χ2n) is 7.07. The summed E-state index contributed by atoms with van der Waals surface area (Å²) in [5.41, 5.74) is 6.73. The molecule has 0 radical (unpaired) electrons. The molecule has 0 heterocycles. The van der Waals surface area contributed by atoms with E-state index in [0.717, 1.165) is 6.42 Å². The Balaban J connectivity index is 4.25. The van der Waals surface area contributed by atoms with Crippen LogP contribution in [0.3, 0.4) is 0 Å². The van der Waals surface area contributed by atoms with Crippen molar-refractivity contribution in [2.75, 3.05) is 0 Å². The summed E-state index contributed by atoms with van der Waals surface area (Å²) in [6, 6.07) is 0. The summed E-state index contributed by atoms with van der Waals surface area (Å²) in [4.78, 5) is 0. The molecule has 1 heteroatoms. The topological polar surface area (TPSA) is 26.0 Å². The summed E-state index contributed by atoms with van der Waals surface area (Å²) in [5, 5.41) is 0. The van der Waals surface area contributed by atoms with E-state index in [4.69, 9.17) is 5.73 Å². The minimum atomic E-state index is -0.0469. The first kappa shape index (κ1) is 13.0. The van der Waals surface area contributed by atoms with Gasteiger partial charge < -0.3 is 5.73 Å². The number of hydrogen-bond donors (Lipinski definition) is 1. The molecule has 0 saturated carbocycles. The molecule has 0 saturated heterocycles. The number of hydrogen-bond acceptors (Lipinski definition) is 1. The molecule has 0 unspecified atom stereocenters. The molecule has 13 heavy (non-hydrogen) atoms. The number of nitrogens with two attached hydrogens (primary N) is 1. The Morgan fingerprint density at radius 3 is 1.38 bits per heavy atom. The third-order valence-electron chi connectivity index (χ3n) is 1.94. The second-order valence-corrected chi connectivity index (χ2v) is 7.07. The molecule has 2 N–H and O–H groups in total. The van der Waals surface area contributed by atoms with Crippen LogP contribution in [0.25, 0.3) is 0 Å². The standard InChI is InChI=1S/C12H27N/c1-10(2,3)8-11(4,5)9-12(6,7)13/h8-9,13H2,1-7H3. The van der Waals surface area contributed by atoms with Crippen molar-refractivity contribution < 1.29 is 0 Å². The van der Waals surface area contributed by atoms with Crippen molar-refractivity contribution in [3.63, 3.8) is 0 Å². The van der Waals surface area contributed by atoms with Crippen LogP contribution < -0.4 is 5.73 Å². The van der Waals surface area contributed by atoms with Crippen LogP contribution in [0.2, 0.25) is 0 Å². The number of rotatable bonds is 3. The molecular weight excluding hydrogens is 158 g/mol. The Labute approximate surface area is 84.1 Å². The second kappa shape index (κ2) is 3.61. The summed E-state index contributed by atoms with van der Waals surface area (Å²) in [7, 11) is 0. The van der Waals surface area contributed by atoms with E-state index in [-0.39, 0.29) is 5.54 Å². The van der Waals surface area contributed by atoms with E-state index >= 15 is 0 Å². The predicted octanol–water partition coefficient (Wildman–Crippen LogP) is 3.58.